The van der Waals surface area contributed by atoms with Crippen molar-refractivity contribution in [3.8, 4) is 0 Å². The Morgan fingerprint density at radius 2 is 2.21 bits per heavy atom. The number of rotatable bonds is 3. The molecule has 1 aromatic carbocycles. The Labute approximate surface area is 84.4 Å². The number of allylic oxidation sites excluding steroid dienone is 2. The number of carbonyl (C=O) groups is 1. The minimum atomic E-state index is 0.0515. The molecule has 0 amide bonds. The number of carbonyl (C=O) groups excluding carboxylic acids is 1. The van der Waals surface area contributed by atoms with Gasteiger partial charge in [-0.15, -0.1) is 0 Å². The van der Waals surface area contributed by atoms with Crippen molar-refractivity contribution < 1.29 is 4.79 Å². The summed E-state index contributed by atoms with van der Waals surface area (Å²) in [7, 11) is 0. The number of benzene rings is 1. The Morgan fingerprint density at radius 3 is 2.79 bits per heavy atom. The van der Waals surface area contributed by atoms with Crippen molar-refractivity contribution in [3.63, 3.8) is 0 Å². The van der Waals surface area contributed by atoms with E-state index in [-0.39, 0.29) is 5.78 Å². The normalized spacial score (nSPS) is 11.4. The molecular weight excluding hydrogens is 174 g/mol. The summed E-state index contributed by atoms with van der Waals surface area (Å²) in [4.78, 5) is 11.4. The molecule has 74 valence electrons. The van der Waals surface area contributed by atoms with Gasteiger partial charge in [-0.05, 0) is 25.5 Å². The summed E-state index contributed by atoms with van der Waals surface area (Å²) < 4.78 is 0. The molecule has 0 spiro atoms. The van der Waals surface area contributed by atoms with Crippen LogP contribution in [0.3, 0.4) is 0 Å². The summed E-state index contributed by atoms with van der Waals surface area (Å²) in [6.45, 7) is 3.73. The molecule has 0 heterocycles. The van der Waals surface area contributed by atoms with E-state index in [0.29, 0.717) is 12.1 Å². The Hall–Kier alpha value is -1.57. The van der Waals surface area contributed by atoms with Crippen LogP contribution in [0.2, 0.25) is 0 Å². The van der Waals surface area contributed by atoms with Crippen LogP contribution in [-0.2, 0) is 11.2 Å². The molecule has 1 aromatic rings. The van der Waals surface area contributed by atoms with E-state index in [1.807, 2.05) is 31.2 Å². The molecule has 0 bridgehead atoms. The van der Waals surface area contributed by atoms with Crippen LogP contribution in [0.5, 0.6) is 0 Å². The first kappa shape index (κ1) is 10.5. The third kappa shape index (κ3) is 3.44. The van der Waals surface area contributed by atoms with E-state index >= 15 is 0 Å². The summed E-state index contributed by atoms with van der Waals surface area (Å²) in [5, 5.41) is 0. The smallest absolute Gasteiger partial charge is 0.161 e. The van der Waals surface area contributed by atoms with Gasteiger partial charge in [-0.1, -0.05) is 29.8 Å². The SMILES string of the molecule is C/C(N)=C/C(=O)Cc1cccc(C)c1. The van der Waals surface area contributed by atoms with Crippen molar-refractivity contribution in [3.05, 3.63) is 47.2 Å². The van der Waals surface area contributed by atoms with Crippen LogP contribution >= 0.6 is 0 Å². The largest absolute Gasteiger partial charge is 0.402 e. The lowest BCUT2D eigenvalue weighted by atomic mass is 10.1. The molecule has 0 saturated heterocycles. The van der Waals surface area contributed by atoms with Crippen molar-refractivity contribution in [1.82, 2.24) is 0 Å². The van der Waals surface area contributed by atoms with Gasteiger partial charge in [0, 0.05) is 12.1 Å². The maximum Gasteiger partial charge on any atom is 0.161 e. The van der Waals surface area contributed by atoms with Gasteiger partial charge in [-0.25, -0.2) is 0 Å². The maximum absolute atomic E-state index is 11.4. The molecule has 0 fully saturated rings. The van der Waals surface area contributed by atoms with Crippen LogP contribution in [0.4, 0.5) is 0 Å². The minimum Gasteiger partial charge on any atom is -0.402 e. The molecule has 14 heavy (non-hydrogen) atoms. The molecule has 0 aliphatic heterocycles. The third-order valence-electron chi connectivity index (χ3n) is 1.85. The van der Waals surface area contributed by atoms with Gasteiger partial charge in [0.15, 0.2) is 5.78 Å². The van der Waals surface area contributed by atoms with Crippen molar-refractivity contribution in [2.24, 2.45) is 5.73 Å². The highest BCUT2D eigenvalue weighted by Gasteiger charge is 2.00. The Balaban J connectivity index is 2.70. The average molecular weight is 189 g/mol. The molecule has 0 aliphatic rings. The zero-order valence-electron chi connectivity index (χ0n) is 8.58. The second-order valence-electron chi connectivity index (χ2n) is 3.52. The molecule has 0 aromatic heterocycles. The second-order valence-corrected chi connectivity index (χ2v) is 3.52. The predicted molar refractivity (Wildman–Crippen MR) is 57.8 cm³/mol. The van der Waals surface area contributed by atoms with Crippen LogP contribution in [0.1, 0.15) is 18.1 Å². The Bertz CT molecular complexity index is 362. The summed E-state index contributed by atoms with van der Waals surface area (Å²) >= 11 is 0. The van der Waals surface area contributed by atoms with Crippen molar-refractivity contribution in [1.29, 1.82) is 0 Å². The molecule has 0 radical (unpaired) electrons. The van der Waals surface area contributed by atoms with Crippen LogP contribution in [-0.4, -0.2) is 5.78 Å². The highest BCUT2D eigenvalue weighted by Crippen LogP contribution is 2.05. The lowest BCUT2D eigenvalue weighted by Gasteiger charge is -1.99. The second kappa shape index (κ2) is 4.61. The number of hydrogen-bond acceptors (Lipinski definition) is 2. The van der Waals surface area contributed by atoms with Gasteiger partial charge in [0.2, 0.25) is 0 Å². The number of hydrogen-bond donors (Lipinski definition) is 1. The average Bonchev–Trinajstić information content (AvgIpc) is 2.01. The van der Waals surface area contributed by atoms with E-state index in [4.69, 9.17) is 5.73 Å². The van der Waals surface area contributed by atoms with Crippen LogP contribution in [0.15, 0.2) is 36.0 Å². The van der Waals surface area contributed by atoms with Gasteiger partial charge < -0.3 is 5.73 Å². The first-order valence-corrected chi connectivity index (χ1v) is 4.60. The fraction of sp³-hybridized carbons (Fsp3) is 0.250. The lowest BCUT2D eigenvalue weighted by Crippen LogP contribution is -2.02. The molecular formula is C12H15NO. The molecule has 0 atom stereocenters. The van der Waals surface area contributed by atoms with Crippen LogP contribution < -0.4 is 5.73 Å². The van der Waals surface area contributed by atoms with Gasteiger partial charge >= 0.3 is 0 Å². The number of aryl methyl sites for hydroxylation is 1. The van der Waals surface area contributed by atoms with Gasteiger partial charge in [0.1, 0.15) is 0 Å². The molecule has 0 saturated carbocycles. The van der Waals surface area contributed by atoms with E-state index in [0.717, 1.165) is 5.56 Å². The van der Waals surface area contributed by atoms with Gasteiger partial charge in [-0.2, -0.15) is 0 Å². The van der Waals surface area contributed by atoms with Gasteiger partial charge in [-0.3, -0.25) is 4.79 Å². The summed E-state index contributed by atoms with van der Waals surface area (Å²) in [5.74, 6) is 0.0515. The van der Waals surface area contributed by atoms with E-state index in [9.17, 15) is 4.79 Å². The predicted octanol–water partition coefficient (Wildman–Crippen LogP) is 1.97. The molecule has 2 nitrogen and oxygen atoms in total. The lowest BCUT2D eigenvalue weighted by molar-refractivity contribution is -0.114. The van der Waals surface area contributed by atoms with E-state index < -0.39 is 0 Å². The highest BCUT2D eigenvalue weighted by molar-refractivity contribution is 5.91. The van der Waals surface area contributed by atoms with Crippen molar-refractivity contribution in [2.45, 2.75) is 20.3 Å². The molecule has 0 unspecified atom stereocenters. The Kier molecular flexibility index (Phi) is 3.46. The number of ketones is 1. The van der Waals surface area contributed by atoms with Crippen LogP contribution in [0.25, 0.3) is 0 Å². The first-order valence-electron chi connectivity index (χ1n) is 4.60. The zero-order chi connectivity index (χ0) is 10.6. The van der Waals surface area contributed by atoms with Crippen molar-refractivity contribution >= 4 is 5.78 Å². The molecule has 0 aliphatic carbocycles. The monoisotopic (exact) mass is 189 g/mol. The highest BCUT2D eigenvalue weighted by atomic mass is 16.1. The van der Waals surface area contributed by atoms with Crippen LogP contribution in [0, 0.1) is 6.92 Å². The summed E-state index contributed by atoms with van der Waals surface area (Å²) in [6.07, 6.45) is 1.90. The van der Waals surface area contributed by atoms with Gasteiger partial charge in [0.25, 0.3) is 0 Å². The molecule has 1 rings (SSSR count). The maximum atomic E-state index is 11.4. The Morgan fingerprint density at radius 1 is 1.50 bits per heavy atom. The fourth-order valence-electron chi connectivity index (χ4n) is 1.33. The minimum absolute atomic E-state index is 0.0515. The first-order chi connectivity index (χ1) is 6.58. The standard InChI is InChI=1S/C12H15NO/c1-9-4-3-5-11(6-9)8-12(14)7-10(2)13/h3-7H,8,13H2,1-2H3/b10-7-. The van der Waals surface area contributed by atoms with E-state index in [1.165, 1.54) is 11.6 Å². The zero-order valence-corrected chi connectivity index (χ0v) is 8.58. The van der Waals surface area contributed by atoms with E-state index in [1.54, 1.807) is 6.92 Å². The summed E-state index contributed by atoms with van der Waals surface area (Å²) in [6, 6.07) is 7.93. The fourth-order valence-corrected chi connectivity index (χ4v) is 1.33. The third-order valence-corrected chi connectivity index (χ3v) is 1.85. The summed E-state index contributed by atoms with van der Waals surface area (Å²) in [5.41, 5.74) is 8.18. The molecule has 2 heteroatoms. The number of nitrogens with two attached hydrogens (primary N) is 1. The quantitative estimate of drug-likeness (QED) is 0.739. The van der Waals surface area contributed by atoms with Crippen molar-refractivity contribution in [2.75, 3.05) is 0 Å². The molecule has 2 N–H and O–H groups in total. The topological polar surface area (TPSA) is 43.1 Å². The van der Waals surface area contributed by atoms with E-state index in [2.05, 4.69) is 0 Å². The van der Waals surface area contributed by atoms with Gasteiger partial charge in [0.05, 0.1) is 0 Å².